The van der Waals surface area contributed by atoms with Crippen LogP contribution in [0.3, 0.4) is 0 Å². The minimum atomic E-state index is -3.51. The summed E-state index contributed by atoms with van der Waals surface area (Å²) in [6, 6.07) is 18.9. The number of aromatic nitrogens is 2. The maximum absolute atomic E-state index is 11.8. The van der Waals surface area contributed by atoms with E-state index in [4.69, 9.17) is 32.9 Å². The van der Waals surface area contributed by atoms with Gasteiger partial charge in [-0.15, -0.1) is 20.7 Å². The van der Waals surface area contributed by atoms with Crippen molar-refractivity contribution in [2.75, 3.05) is 20.7 Å². The average molecular weight is 694 g/mol. The molecule has 1 aliphatic heterocycles. The molecule has 5 rings (SSSR count). The molecule has 0 amide bonds. The van der Waals surface area contributed by atoms with Crippen molar-refractivity contribution in [3.8, 4) is 16.9 Å². The molecule has 200 valence electrons. The average Bonchev–Trinajstić information content (AvgIpc) is 3.11. The van der Waals surface area contributed by atoms with Crippen molar-refractivity contribution in [1.29, 1.82) is 0 Å². The third-order valence-corrected chi connectivity index (χ3v) is 9.28. The lowest BCUT2D eigenvalue weighted by atomic mass is 10.1. The summed E-state index contributed by atoms with van der Waals surface area (Å²) in [5.41, 5.74) is 3.37. The second kappa shape index (κ2) is 12.0. The number of benzene rings is 2. The highest BCUT2D eigenvalue weighted by Crippen LogP contribution is 2.30. The number of halogens is 3. The molecular formula is C27H22Cl2IN5O3S. The van der Waals surface area contributed by atoms with Gasteiger partial charge < -0.3 is 10.1 Å². The van der Waals surface area contributed by atoms with Crippen LogP contribution < -0.4 is 20.0 Å². The van der Waals surface area contributed by atoms with Crippen LogP contribution in [0, 0.1) is 3.15 Å². The fourth-order valence-electron chi connectivity index (χ4n) is 3.76. The maximum Gasteiger partial charge on any atom is 0.229 e. The zero-order chi connectivity index (χ0) is 27.4. The smallest absolute Gasteiger partial charge is 0.229 e. The molecule has 12 heteroatoms. The minimum Gasteiger partial charge on any atom is -0.486 e. The lowest BCUT2D eigenvalue weighted by molar-refractivity contribution is 0.301. The molecule has 0 saturated heterocycles. The standard InChI is InChI=1S/C27H22Cl2IN5O3S/c1-39(36,37)35-24-13-18(15-33-26(24)29)17-5-7-23-21(12-17)27(32-11-9-30-23)34-19-6-8-25(22(28)14-19)38-16-20-4-2-3-10-31-20/h2-8,10-15,34-35H,9,16H2,1H3. The first-order valence-corrected chi connectivity index (χ1v) is 16.9. The third kappa shape index (κ3) is 7.13. The van der Waals surface area contributed by atoms with Crippen LogP contribution in [0.4, 0.5) is 11.4 Å². The van der Waals surface area contributed by atoms with Gasteiger partial charge in [0.25, 0.3) is 0 Å². The highest BCUT2D eigenvalue weighted by Gasteiger charge is 2.12. The molecule has 2 aromatic carbocycles. The van der Waals surface area contributed by atoms with Gasteiger partial charge in [-0.2, -0.15) is 0 Å². The Hall–Kier alpha value is -3.06. The van der Waals surface area contributed by atoms with Crippen molar-refractivity contribution < 1.29 is 13.2 Å². The van der Waals surface area contributed by atoms with Crippen LogP contribution in [-0.2, 0) is 16.6 Å². The number of ether oxygens (including phenoxy) is 1. The Bertz CT molecular complexity index is 1800. The number of nitrogens with zero attached hydrogens (tertiary/aromatic N) is 3. The fourth-order valence-corrected chi connectivity index (χ4v) is 6.88. The van der Waals surface area contributed by atoms with Gasteiger partial charge in [-0.25, -0.2) is 18.4 Å². The minimum absolute atomic E-state index is 0.0765. The zero-order valence-electron chi connectivity index (χ0n) is 20.5. The van der Waals surface area contributed by atoms with E-state index in [1.165, 1.54) is 3.15 Å². The molecule has 1 aliphatic rings. The summed E-state index contributed by atoms with van der Waals surface area (Å²) < 4.78 is 33.9. The van der Waals surface area contributed by atoms with Crippen LogP contribution in [0.1, 0.15) is 5.69 Å². The summed E-state index contributed by atoms with van der Waals surface area (Å²) >= 11 is 12.4. The van der Waals surface area contributed by atoms with E-state index in [0.717, 1.165) is 38.4 Å². The SMILES string of the molecule is CS(=O)(=O)Nc1cc(-c2ccc3c(c2)=C(Nc2ccc(OCc4ccccn4)c(Cl)c2)N=CCI=3)cnc1Cl. The number of rotatable bonds is 8. The molecule has 0 aliphatic carbocycles. The van der Waals surface area contributed by atoms with Crippen LogP contribution >= 0.6 is 43.9 Å². The Kier molecular flexibility index (Phi) is 8.46. The number of hydrogen-bond donors (Lipinski definition) is 2. The highest BCUT2D eigenvalue weighted by atomic mass is 127. The molecule has 4 aromatic rings. The van der Waals surface area contributed by atoms with Crippen molar-refractivity contribution >= 4 is 77.4 Å². The third-order valence-electron chi connectivity index (χ3n) is 5.50. The summed E-state index contributed by atoms with van der Waals surface area (Å²) in [5, 5.41) is 4.91. The van der Waals surface area contributed by atoms with Crippen molar-refractivity contribution in [2.24, 2.45) is 4.99 Å². The molecule has 0 spiro atoms. The van der Waals surface area contributed by atoms with Crippen LogP contribution in [0.15, 0.2) is 78.0 Å². The maximum atomic E-state index is 11.8. The number of sulfonamides is 1. The summed E-state index contributed by atoms with van der Waals surface area (Å²) in [6.07, 6.45) is 6.33. The second-order valence-corrected chi connectivity index (χ2v) is 13.8. The van der Waals surface area contributed by atoms with E-state index in [0.29, 0.717) is 23.2 Å². The van der Waals surface area contributed by atoms with Crippen molar-refractivity contribution in [3.63, 3.8) is 0 Å². The Morgan fingerprint density at radius 3 is 2.67 bits per heavy atom. The molecule has 8 nitrogen and oxygen atoms in total. The first kappa shape index (κ1) is 27.5. The van der Waals surface area contributed by atoms with Gasteiger partial charge in [0, 0.05) is 42.7 Å². The molecule has 39 heavy (non-hydrogen) atoms. The van der Waals surface area contributed by atoms with E-state index in [-0.39, 0.29) is 31.6 Å². The first-order valence-electron chi connectivity index (χ1n) is 11.6. The fraction of sp³-hybridized carbons (Fsp3) is 0.111. The van der Waals surface area contributed by atoms with Crippen LogP contribution in [0.5, 0.6) is 5.75 Å². The number of hydrogen-bond acceptors (Lipinski definition) is 7. The van der Waals surface area contributed by atoms with Gasteiger partial charge in [-0.1, -0.05) is 35.3 Å². The normalized spacial score (nSPS) is 12.9. The van der Waals surface area contributed by atoms with Crippen molar-refractivity contribution in [1.82, 2.24) is 9.97 Å². The molecule has 0 fully saturated rings. The largest absolute Gasteiger partial charge is 0.486 e. The predicted octanol–water partition coefficient (Wildman–Crippen LogP) is 5.88. The molecule has 2 N–H and O–H groups in total. The van der Waals surface area contributed by atoms with Gasteiger partial charge in [0.15, 0.2) is 5.15 Å². The topological polar surface area (TPSA) is 106 Å². The van der Waals surface area contributed by atoms with Crippen LogP contribution in [0.2, 0.25) is 10.2 Å². The number of fused-ring (bicyclic) bond motifs is 1. The Labute approximate surface area is 245 Å². The number of aliphatic imine (C=N–C) groups is 1. The predicted molar refractivity (Wildman–Crippen MR) is 166 cm³/mol. The van der Waals surface area contributed by atoms with E-state index >= 15 is 0 Å². The molecular weight excluding hydrogens is 672 g/mol. The van der Waals surface area contributed by atoms with Gasteiger partial charge >= 0.3 is 0 Å². The molecule has 0 saturated carbocycles. The second-order valence-electron chi connectivity index (χ2n) is 8.46. The highest BCUT2D eigenvalue weighted by molar-refractivity contribution is 14.2. The van der Waals surface area contributed by atoms with Gasteiger partial charge in [0.05, 0.1) is 22.7 Å². The number of anilines is 2. The van der Waals surface area contributed by atoms with Gasteiger partial charge in [0.1, 0.15) is 18.2 Å². The first-order chi connectivity index (χ1) is 18.7. The van der Waals surface area contributed by atoms with E-state index < -0.39 is 10.0 Å². The van der Waals surface area contributed by atoms with E-state index in [9.17, 15) is 8.42 Å². The van der Waals surface area contributed by atoms with Gasteiger partial charge in [-0.3, -0.25) is 9.71 Å². The molecule has 3 heterocycles. The van der Waals surface area contributed by atoms with Crippen molar-refractivity contribution in [3.05, 3.63) is 97.3 Å². The Balaban J connectivity index is 1.46. The van der Waals surface area contributed by atoms with Gasteiger partial charge in [0.2, 0.25) is 10.0 Å². The molecule has 0 unspecified atom stereocenters. The van der Waals surface area contributed by atoms with Crippen LogP contribution in [0.25, 0.3) is 16.9 Å². The van der Waals surface area contributed by atoms with Gasteiger partial charge in [-0.05, 0) is 54.1 Å². The lowest BCUT2D eigenvalue weighted by Gasteiger charge is -2.12. The summed E-state index contributed by atoms with van der Waals surface area (Å²) in [7, 11) is -3.51. The van der Waals surface area contributed by atoms with Crippen LogP contribution in [-0.4, -0.2) is 35.3 Å². The Morgan fingerprint density at radius 1 is 1.03 bits per heavy atom. The molecule has 0 bridgehead atoms. The van der Waals surface area contributed by atoms with Crippen molar-refractivity contribution in [2.45, 2.75) is 6.61 Å². The summed E-state index contributed by atoms with van der Waals surface area (Å²) in [4.78, 5) is 13.1. The number of nitrogens with one attached hydrogen (secondary N) is 2. The van der Waals surface area contributed by atoms with E-state index in [1.54, 1.807) is 24.5 Å². The van der Waals surface area contributed by atoms with E-state index in [2.05, 4.69) is 26.1 Å². The molecule has 0 atom stereocenters. The summed E-state index contributed by atoms with van der Waals surface area (Å²) in [6.45, 7) is 0.315. The van der Waals surface area contributed by atoms with E-state index in [1.807, 2.05) is 48.7 Å². The number of alkyl halides is 1. The zero-order valence-corrected chi connectivity index (χ0v) is 25.0. The molecule has 0 radical (unpaired) electrons. The molecule has 2 aromatic heterocycles. The monoisotopic (exact) mass is 693 g/mol. The quantitative estimate of drug-likeness (QED) is 0.136. The number of pyridine rings is 2. The Morgan fingerprint density at radius 2 is 1.90 bits per heavy atom. The lowest BCUT2D eigenvalue weighted by Crippen LogP contribution is -2.13. The summed E-state index contributed by atoms with van der Waals surface area (Å²) in [5.74, 6) is 1.25.